The molecule has 0 bridgehead atoms. The van der Waals surface area contributed by atoms with Gasteiger partial charge >= 0.3 is 13.3 Å². The highest BCUT2D eigenvalue weighted by Crippen LogP contribution is 2.31. The van der Waals surface area contributed by atoms with Crippen molar-refractivity contribution in [1.29, 1.82) is 0 Å². The average Bonchev–Trinajstić information content (AvgIpc) is 2.01. The van der Waals surface area contributed by atoms with Crippen LogP contribution < -0.4 is 5.59 Å². The number of hydrogen-bond acceptors (Lipinski definition) is 3. The zero-order valence-electron chi connectivity index (χ0n) is 6.59. The highest BCUT2D eigenvalue weighted by atomic mass is 127. The van der Waals surface area contributed by atoms with Crippen molar-refractivity contribution in [3.8, 4) is 0 Å². The lowest BCUT2D eigenvalue weighted by molar-refractivity contribution is -0.138. The molecule has 1 heterocycles. The highest BCUT2D eigenvalue weighted by molar-refractivity contribution is 14.1. The summed E-state index contributed by atoms with van der Waals surface area (Å²) in [6, 6.07) is 0.785. The summed E-state index contributed by atoms with van der Waals surface area (Å²) in [5.74, 6) is 0. The standard InChI is InChI=1S/C6H4BF3INO2/c8-6(9,10)3-1-2-12-5(4(3)11)7(13)14/h1-2,13-14H. The average molecular weight is 317 g/mol. The summed E-state index contributed by atoms with van der Waals surface area (Å²) in [6.45, 7) is 0. The molecule has 0 spiro atoms. The van der Waals surface area contributed by atoms with Crippen molar-refractivity contribution in [3.63, 3.8) is 0 Å². The van der Waals surface area contributed by atoms with E-state index in [9.17, 15) is 13.2 Å². The summed E-state index contributed by atoms with van der Waals surface area (Å²) in [4.78, 5) is 3.44. The van der Waals surface area contributed by atoms with Crippen molar-refractivity contribution in [1.82, 2.24) is 4.98 Å². The molecule has 1 aromatic heterocycles. The van der Waals surface area contributed by atoms with E-state index in [1.165, 1.54) is 22.6 Å². The maximum absolute atomic E-state index is 12.3. The van der Waals surface area contributed by atoms with Crippen LogP contribution in [0.3, 0.4) is 0 Å². The fourth-order valence-electron chi connectivity index (χ4n) is 0.859. The van der Waals surface area contributed by atoms with Crippen molar-refractivity contribution < 1.29 is 23.2 Å². The van der Waals surface area contributed by atoms with E-state index < -0.39 is 18.9 Å². The Balaban J connectivity index is 3.28. The van der Waals surface area contributed by atoms with Gasteiger partial charge in [0.2, 0.25) is 0 Å². The third kappa shape index (κ3) is 2.36. The van der Waals surface area contributed by atoms with Gasteiger partial charge in [-0.3, -0.25) is 4.98 Å². The van der Waals surface area contributed by atoms with Gasteiger partial charge < -0.3 is 10.0 Å². The first-order valence-electron chi connectivity index (χ1n) is 3.41. The van der Waals surface area contributed by atoms with Gasteiger partial charge in [0.15, 0.2) is 0 Å². The number of alkyl halides is 3. The van der Waals surface area contributed by atoms with Crippen LogP contribution in [-0.2, 0) is 6.18 Å². The van der Waals surface area contributed by atoms with E-state index in [0.29, 0.717) is 0 Å². The minimum Gasteiger partial charge on any atom is -0.422 e. The van der Waals surface area contributed by atoms with Crippen molar-refractivity contribution in [2.45, 2.75) is 6.18 Å². The summed E-state index contributed by atoms with van der Waals surface area (Å²) in [5.41, 5.74) is -1.31. The summed E-state index contributed by atoms with van der Waals surface area (Å²) in [5, 5.41) is 17.4. The lowest BCUT2D eigenvalue weighted by Gasteiger charge is -2.10. The van der Waals surface area contributed by atoms with Gasteiger partial charge in [0.05, 0.1) is 11.2 Å². The van der Waals surface area contributed by atoms with Crippen LogP contribution in [0.25, 0.3) is 0 Å². The summed E-state index contributed by atoms with van der Waals surface area (Å²) in [6.07, 6.45) is -3.62. The van der Waals surface area contributed by atoms with Gasteiger partial charge in [-0.2, -0.15) is 13.2 Å². The summed E-state index contributed by atoms with van der Waals surface area (Å²) < 4.78 is 36.6. The molecule has 0 radical (unpaired) electrons. The molecule has 0 aliphatic rings. The number of nitrogens with zero attached hydrogens (tertiary/aromatic N) is 1. The number of rotatable bonds is 1. The second kappa shape index (κ2) is 4.03. The molecule has 0 aliphatic carbocycles. The maximum Gasteiger partial charge on any atom is 0.509 e. The summed E-state index contributed by atoms with van der Waals surface area (Å²) in [7, 11) is -2.00. The van der Waals surface area contributed by atoms with Gasteiger partial charge in [-0.1, -0.05) is 0 Å². The van der Waals surface area contributed by atoms with Crippen LogP contribution in [-0.4, -0.2) is 22.2 Å². The third-order valence-corrected chi connectivity index (χ3v) is 2.60. The SMILES string of the molecule is OB(O)c1nccc(C(F)(F)F)c1I. The van der Waals surface area contributed by atoms with E-state index in [-0.39, 0.29) is 9.16 Å². The number of pyridine rings is 1. The van der Waals surface area contributed by atoms with E-state index in [4.69, 9.17) is 10.0 Å². The molecule has 0 atom stereocenters. The largest absolute Gasteiger partial charge is 0.509 e. The van der Waals surface area contributed by atoms with Gasteiger partial charge in [-0.05, 0) is 28.7 Å². The van der Waals surface area contributed by atoms with Crippen molar-refractivity contribution >= 4 is 35.3 Å². The lowest BCUT2D eigenvalue weighted by atomic mass is 9.85. The predicted octanol–water partition coefficient (Wildman–Crippen LogP) is 0.385. The Morgan fingerprint density at radius 1 is 1.36 bits per heavy atom. The molecular weight excluding hydrogens is 313 g/mol. The Morgan fingerprint density at radius 2 is 1.93 bits per heavy atom. The predicted molar refractivity (Wildman–Crippen MR) is 51.8 cm³/mol. The number of aromatic nitrogens is 1. The van der Waals surface area contributed by atoms with E-state index in [1.54, 1.807) is 0 Å². The molecule has 0 aliphatic heterocycles. The van der Waals surface area contributed by atoms with Crippen LogP contribution in [0.5, 0.6) is 0 Å². The van der Waals surface area contributed by atoms with Crippen LogP contribution in [0.1, 0.15) is 5.56 Å². The lowest BCUT2D eigenvalue weighted by Crippen LogP contribution is -2.36. The smallest absolute Gasteiger partial charge is 0.422 e. The molecule has 0 saturated heterocycles. The first kappa shape index (κ1) is 11.7. The number of hydrogen-bond donors (Lipinski definition) is 2. The molecule has 0 aromatic carbocycles. The molecule has 0 fully saturated rings. The third-order valence-electron chi connectivity index (χ3n) is 1.47. The van der Waals surface area contributed by atoms with Gasteiger partial charge in [0.25, 0.3) is 0 Å². The molecule has 0 saturated carbocycles. The van der Waals surface area contributed by atoms with E-state index >= 15 is 0 Å². The molecule has 3 nitrogen and oxygen atoms in total. The molecule has 14 heavy (non-hydrogen) atoms. The first-order chi connectivity index (χ1) is 6.34. The van der Waals surface area contributed by atoms with E-state index in [1.807, 2.05) is 0 Å². The zero-order valence-corrected chi connectivity index (χ0v) is 8.74. The Bertz CT molecular complexity index is 344. The van der Waals surface area contributed by atoms with Gasteiger partial charge in [0.1, 0.15) is 0 Å². The molecule has 8 heteroatoms. The first-order valence-corrected chi connectivity index (χ1v) is 4.49. The van der Waals surface area contributed by atoms with Gasteiger partial charge in [-0.15, -0.1) is 0 Å². The quantitative estimate of drug-likeness (QED) is 0.582. The van der Waals surface area contributed by atoms with E-state index in [2.05, 4.69) is 4.98 Å². The van der Waals surface area contributed by atoms with Gasteiger partial charge in [-0.25, -0.2) is 0 Å². The number of halogens is 4. The molecule has 1 aromatic rings. The Morgan fingerprint density at radius 3 is 2.36 bits per heavy atom. The second-order valence-corrected chi connectivity index (χ2v) is 3.51. The Labute approximate surface area is 91.3 Å². The molecule has 0 unspecified atom stereocenters. The molecule has 0 amide bonds. The molecule has 1 rings (SSSR count). The zero-order chi connectivity index (χ0) is 10.9. The molecule has 76 valence electrons. The normalized spacial score (nSPS) is 11.6. The Hall–Kier alpha value is -0.345. The molecular formula is C6H4BF3INO2. The van der Waals surface area contributed by atoms with Gasteiger partial charge in [0, 0.05) is 9.77 Å². The minimum atomic E-state index is -4.51. The minimum absolute atomic E-state index is 0.299. The molecule has 2 N–H and O–H groups in total. The monoisotopic (exact) mass is 317 g/mol. The van der Waals surface area contributed by atoms with Crippen molar-refractivity contribution in [2.75, 3.05) is 0 Å². The van der Waals surface area contributed by atoms with E-state index in [0.717, 1.165) is 12.3 Å². The van der Waals surface area contributed by atoms with Crippen LogP contribution in [0.4, 0.5) is 13.2 Å². The maximum atomic E-state index is 12.3. The highest BCUT2D eigenvalue weighted by Gasteiger charge is 2.35. The van der Waals surface area contributed by atoms with Crippen LogP contribution in [0, 0.1) is 3.57 Å². The Kier molecular flexibility index (Phi) is 3.38. The fourth-order valence-corrected chi connectivity index (χ4v) is 1.76. The van der Waals surface area contributed by atoms with Crippen LogP contribution >= 0.6 is 22.6 Å². The topological polar surface area (TPSA) is 53.4 Å². The van der Waals surface area contributed by atoms with Crippen molar-refractivity contribution in [3.05, 3.63) is 21.4 Å². The van der Waals surface area contributed by atoms with Crippen LogP contribution in [0.15, 0.2) is 12.3 Å². The second-order valence-electron chi connectivity index (χ2n) is 2.43. The summed E-state index contributed by atoms with van der Waals surface area (Å²) >= 11 is 1.38. The van der Waals surface area contributed by atoms with Crippen LogP contribution in [0.2, 0.25) is 0 Å². The fraction of sp³-hybridized carbons (Fsp3) is 0.167. The van der Waals surface area contributed by atoms with Crippen molar-refractivity contribution in [2.24, 2.45) is 0 Å².